The van der Waals surface area contributed by atoms with E-state index in [9.17, 15) is 8.42 Å². The van der Waals surface area contributed by atoms with E-state index in [0.29, 0.717) is 12.3 Å². The molecule has 2 heterocycles. The number of rotatable bonds is 4. The number of benzene rings is 1. The van der Waals surface area contributed by atoms with Crippen LogP contribution in [0.4, 0.5) is 5.69 Å². The van der Waals surface area contributed by atoms with Crippen molar-refractivity contribution in [3.63, 3.8) is 0 Å². The van der Waals surface area contributed by atoms with Crippen LogP contribution in [0.5, 0.6) is 0 Å². The lowest BCUT2D eigenvalue weighted by Gasteiger charge is -2.13. The molecule has 0 saturated carbocycles. The van der Waals surface area contributed by atoms with Crippen molar-refractivity contribution < 1.29 is 8.42 Å². The third-order valence-corrected chi connectivity index (χ3v) is 6.71. The van der Waals surface area contributed by atoms with Gasteiger partial charge in [-0.05, 0) is 36.5 Å². The summed E-state index contributed by atoms with van der Waals surface area (Å²) in [6.45, 7) is 2.43. The van der Waals surface area contributed by atoms with E-state index in [2.05, 4.69) is 35.5 Å². The summed E-state index contributed by atoms with van der Waals surface area (Å²) in [5.74, 6) is 0.366. The molecule has 110 valence electrons. The van der Waals surface area contributed by atoms with Gasteiger partial charge in [0, 0.05) is 32.4 Å². The van der Waals surface area contributed by atoms with E-state index in [0.717, 1.165) is 32.4 Å². The Hall–Kier alpha value is -1.07. The summed E-state index contributed by atoms with van der Waals surface area (Å²) < 4.78 is 23.5. The van der Waals surface area contributed by atoms with E-state index in [1.807, 2.05) is 0 Å². The predicted molar refractivity (Wildman–Crippen MR) is 81.9 cm³/mol. The molecule has 1 atom stereocenters. The Balaban J connectivity index is 1.57. The number of fused-ring (bicyclic) bond motifs is 1. The molecule has 0 spiro atoms. The van der Waals surface area contributed by atoms with Crippen LogP contribution in [-0.4, -0.2) is 39.6 Å². The molecule has 0 radical (unpaired) electrons. The molecule has 5 heteroatoms. The van der Waals surface area contributed by atoms with Crippen molar-refractivity contribution in [1.82, 2.24) is 5.32 Å². The van der Waals surface area contributed by atoms with Crippen LogP contribution in [0.25, 0.3) is 0 Å². The number of hydrogen-bond acceptors (Lipinski definition) is 4. The topological polar surface area (TPSA) is 49.4 Å². The number of nitrogens with zero attached hydrogens (tertiary/aromatic N) is 1. The van der Waals surface area contributed by atoms with Gasteiger partial charge >= 0.3 is 0 Å². The first-order chi connectivity index (χ1) is 9.56. The lowest BCUT2D eigenvalue weighted by Crippen LogP contribution is -2.30. The predicted octanol–water partition coefficient (Wildman–Crippen LogP) is 1.35. The van der Waals surface area contributed by atoms with Crippen molar-refractivity contribution in [3.8, 4) is 0 Å². The fourth-order valence-corrected chi connectivity index (χ4v) is 4.99. The summed E-state index contributed by atoms with van der Waals surface area (Å²) in [5, 5.41) is 3.13. The Labute approximate surface area is 121 Å². The Bertz CT molecular complexity index is 598. The zero-order chi connectivity index (χ0) is 14.2. The molecule has 2 aliphatic rings. The van der Waals surface area contributed by atoms with Crippen LogP contribution in [0.3, 0.4) is 0 Å². The first-order valence-corrected chi connectivity index (χ1v) is 9.03. The number of likely N-dealkylation sites (N-methyl/N-ethyl adjacent to an activating group) is 1. The molecule has 20 heavy (non-hydrogen) atoms. The van der Waals surface area contributed by atoms with Gasteiger partial charge in [0.2, 0.25) is 0 Å². The first-order valence-electron chi connectivity index (χ1n) is 7.31. The fourth-order valence-electron chi connectivity index (χ4n) is 3.19. The second kappa shape index (κ2) is 5.37. The number of hydrogen-bond donors (Lipinski definition) is 1. The Kier molecular flexibility index (Phi) is 3.73. The van der Waals surface area contributed by atoms with Gasteiger partial charge in [-0.25, -0.2) is 8.42 Å². The van der Waals surface area contributed by atoms with Gasteiger partial charge in [-0.1, -0.05) is 12.1 Å². The van der Waals surface area contributed by atoms with Crippen LogP contribution in [0.1, 0.15) is 24.0 Å². The molecule has 1 fully saturated rings. The second-order valence-electron chi connectivity index (χ2n) is 5.90. The number of sulfone groups is 1. The highest BCUT2D eigenvalue weighted by Crippen LogP contribution is 2.27. The molecule has 1 aromatic rings. The largest absolute Gasteiger partial charge is 0.374 e. The van der Waals surface area contributed by atoms with E-state index < -0.39 is 9.84 Å². The quantitative estimate of drug-likeness (QED) is 0.910. The normalized spacial score (nSPS) is 24.1. The lowest BCUT2D eigenvalue weighted by atomic mass is 10.1. The standard InChI is InChI=1S/C15H22N2O2S/c1-17-7-6-13-9-12(4-5-15(13)17)10-16-11-14-3-2-8-20(14,18)19/h4-5,9,14,16H,2-3,6-8,10-11H2,1H3. The van der Waals surface area contributed by atoms with Crippen LogP contribution in [0.2, 0.25) is 0 Å². The highest BCUT2D eigenvalue weighted by Gasteiger charge is 2.30. The van der Waals surface area contributed by atoms with Gasteiger partial charge in [-0.2, -0.15) is 0 Å². The summed E-state index contributed by atoms with van der Waals surface area (Å²) in [4.78, 5) is 2.28. The third-order valence-electron chi connectivity index (χ3n) is 4.44. The number of anilines is 1. The molecule has 0 amide bonds. The Morgan fingerprint density at radius 3 is 3.00 bits per heavy atom. The second-order valence-corrected chi connectivity index (χ2v) is 8.30. The maximum absolute atomic E-state index is 11.7. The van der Waals surface area contributed by atoms with Gasteiger partial charge in [-0.3, -0.25) is 0 Å². The van der Waals surface area contributed by atoms with Crippen LogP contribution in [0.15, 0.2) is 18.2 Å². The summed E-state index contributed by atoms with van der Waals surface area (Å²) >= 11 is 0. The van der Waals surface area contributed by atoms with Crippen molar-refractivity contribution in [2.45, 2.75) is 31.1 Å². The SMILES string of the molecule is CN1CCc2cc(CNCC3CCCS3(=O)=O)ccc21. The minimum Gasteiger partial charge on any atom is -0.374 e. The van der Waals surface area contributed by atoms with Gasteiger partial charge in [0.05, 0.1) is 11.0 Å². The average Bonchev–Trinajstić information content (AvgIpc) is 2.93. The highest BCUT2D eigenvalue weighted by atomic mass is 32.2. The van der Waals surface area contributed by atoms with Gasteiger partial charge in [-0.15, -0.1) is 0 Å². The van der Waals surface area contributed by atoms with Gasteiger partial charge < -0.3 is 10.2 Å². The molecule has 1 saturated heterocycles. The Morgan fingerprint density at radius 1 is 1.40 bits per heavy atom. The van der Waals surface area contributed by atoms with E-state index in [1.54, 1.807) is 0 Å². The zero-order valence-corrected chi connectivity index (χ0v) is 12.7. The van der Waals surface area contributed by atoms with Crippen molar-refractivity contribution in [1.29, 1.82) is 0 Å². The molecule has 4 nitrogen and oxygen atoms in total. The maximum atomic E-state index is 11.7. The molecular formula is C15H22N2O2S. The fraction of sp³-hybridized carbons (Fsp3) is 0.600. The average molecular weight is 294 g/mol. The van der Waals surface area contributed by atoms with Crippen LogP contribution >= 0.6 is 0 Å². The minimum absolute atomic E-state index is 0.178. The summed E-state index contributed by atoms with van der Waals surface area (Å²) in [6.07, 6.45) is 2.74. The molecule has 1 N–H and O–H groups in total. The minimum atomic E-state index is -2.83. The van der Waals surface area contributed by atoms with Gasteiger partial charge in [0.25, 0.3) is 0 Å². The molecule has 1 aromatic carbocycles. The summed E-state index contributed by atoms with van der Waals surface area (Å²) in [5.41, 5.74) is 3.97. The molecule has 0 aromatic heterocycles. The number of nitrogens with one attached hydrogen (secondary N) is 1. The first kappa shape index (κ1) is 13.9. The van der Waals surface area contributed by atoms with Crippen LogP contribution < -0.4 is 10.2 Å². The van der Waals surface area contributed by atoms with E-state index in [1.165, 1.54) is 16.8 Å². The zero-order valence-electron chi connectivity index (χ0n) is 11.9. The van der Waals surface area contributed by atoms with E-state index in [-0.39, 0.29) is 5.25 Å². The molecule has 1 unspecified atom stereocenters. The van der Waals surface area contributed by atoms with Crippen LogP contribution in [0, 0.1) is 0 Å². The van der Waals surface area contributed by atoms with E-state index in [4.69, 9.17) is 0 Å². The van der Waals surface area contributed by atoms with Crippen LogP contribution in [-0.2, 0) is 22.8 Å². The van der Waals surface area contributed by atoms with Gasteiger partial charge in [0.15, 0.2) is 9.84 Å². The van der Waals surface area contributed by atoms with Gasteiger partial charge in [0.1, 0.15) is 0 Å². The smallest absolute Gasteiger partial charge is 0.154 e. The Morgan fingerprint density at radius 2 is 2.25 bits per heavy atom. The van der Waals surface area contributed by atoms with E-state index >= 15 is 0 Å². The third kappa shape index (κ3) is 2.69. The van der Waals surface area contributed by atoms with Crippen molar-refractivity contribution in [2.75, 3.05) is 30.8 Å². The maximum Gasteiger partial charge on any atom is 0.154 e. The lowest BCUT2D eigenvalue weighted by molar-refractivity contribution is 0.574. The molecular weight excluding hydrogens is 272 g/mol. The van der Waals surface area contributed by atoms with Crippen molar-refractivity contribution in [2.24, 2.45) is 0 Å². The van der Waals surface area contributed by atoms with Crippen molar-refractivity contribution in [3.05, 3.63) is 29.3 Å². The molecule has 0 aliphatic carbocycles. The van der Waals surface area contributed by atoms with Crippen molar-refractivity contribution >= 4 is 15.5 Å². The summed E-state index contributed by atoms with van der Waals surface area (Å²) in [6, 6.07) is 6.55. The monoisotopic (exact) mass is 294 g/mol. The molecule has 2 aliphatic heterocycles. The summed E-state index contributed by atoms with van der Waals surface area (Å²) in [7, 11) is -0.708. The molecule has 0 bridgehead atoms. The molecule has 3 rings (SSSR count). The highest BCUT2D eigenvalue weighted by molar-refractivity contribution is 7.92.